The summed E-state index contributed by atoms with van der Waals surface area (Å²) in [5, 5.41) is 9.40. The summed E-state index contributed by atoms with van der Waals surface area (Å²) < 4.78 is 36.5. The average Bonchev–Trinajstić information content (AvgIpc) is 3.16. The van der Waals surface area contributed by atoms with Crippen molar-refractivity contribution in [1.29, 1.82) is 0 Å². The first-order valence-electron chi connectivity index (χ1n) is 10.9. The molecule has 0 amide bonds. The van der Waals surface area contributed by atoms with Crippen LogP contribution in [0.3, 0.4) is 0 Å². The molecule has 2 aromatic carbocycles. The molecule has 0 saturated carbocycles. The van der Waals surface area contributed by atoms with Crippen LogP contribution < -0.4 is 4.40 Å². The van der Waals surface area contributed by atoms with E-state index < -0.39 is 10.4 Å². The van der Waals surface area contributed by atoms with Gasteiger partial charge in [-0.05, 0) is 50.1 Å². The van der Waals surface area contributed by atoms with E-state index in [9.17, 15) is 18.1 Å². The Labute approximate surface area is 200 Å². The summed E-state index contributed by atoms with van der Waals surface area (Å²) in [6.45, 7) is 6.53. The molecule has 0 unspecified atom stereocenters. The van der Waals surface area contributed by atoms with Gasteiger partial charge in [-0.2, -0.15) is 0 Å². The fourth-order valence-corrected chi connectivity index (χ4v) is 3.77. The van der Waals surface area contributed by atoms with Crippen molar-refractivity contribution in [3.63, 3.8) is 0 Å². The number of hydrogen-bond donors (Lipinski definition) is 1. The van der Waals surface area contributed by atoms with Gasteiger partial charge < -0.3 is 9.66 Å². The van der Waals surface area contributed by atoms with Crippen LogP contribution >= 0.6 is 0 Å². The fraction of sp³-hybridized carbons (Fsp3) is 0.192. The van der Waals surface area contributed by atoms with Gasteiger partial charge in [-0.25, -0.2) is 17.4 Å². The Morgan fingerprint density at radius 1 is 1.00 bits per heavy atom. The Bertz CT molecular complexity index is 1370. The summed E-state index contributed by atoms with van der Waals surface area (Å²) in [4.78, 5) is 0. The number of imidazole rings is 1. The van der Waals surface area contributed by atoms with Gasteiger partial charge in [0.15, 0.2) is 5.69 Å². The lowest BCUT2D eigenvalue weighted by molar-refractivity contribution is -0.510. The normalized spacial score (nSPS) is 11.5. The van der Waals surface area contributed by atoms with E-state index in [1.807, 2.05) is 12.1 Å². The van der Waals surface area contributed by atoms with Crippen molar-refractivity contribution < 1.29 is 26.7 Å². The molecule has 0 bridgehead atoms. The zero-order chi connectivity index (χ0) is 24.7. The second-order valence-corrected chi connectivity index (χ2v) is 8.64. The number of aromatic nitrogens is 2. The molecule has 4 aromatic rings. The summed E-state index contributed by atoms with van der Waals surface area (Å²) >= 11 is 0. The first kappa shape index (κ1) is 25.2. The molecule has 34 heavy (non-hydrogen) atoms. The van der Waals surface area contributed by atoms with E-state index in [0.717, 1.165) is 17.7 Å². The maximum Gasteiger partial charge on any atom is 0.287 e. The summed E-state index contributed by atoms with van der Waals surface area (Å²) in [5.41, 5.74) is 7.09. The van der Waals surface area contributed by atoms with Crippen LogP contribution in [-0.2, 0) is 21.1 Å². The maximum atomic E-state index is 9.45. The summed E-state index contributed by atoms with van der Waals surface area (Å²) in [7, 11) is -4.42. The largest absolute Gasteiger partial charge is 0.726 e. The second-order valence-electron chi connectivity index (χ2n) is 7.59. The molecule has 2 heterocycles. The van der Waals surface area contributed by atoms with Gasteiger partial charge in [0.05, 0.1) is 19.3 Å². The van der Waals surface area contributed by atoms with Crippen LogP contribution in [0.15, 0.2) is 73.1 Å². The van der Waals surface area contributed by atoms with Gasteiger partial charge in [-0.3, -0.25) is 4.18 Å². The number of nitrogens with zero attached hydrogens (tertiary/aromatic N) is 2. The summed E-state index contributed by atoms with van der Waals surface area (Å²) in [5.74, 6) is 0.286. The number of aryl methyl sites for hydroxylation is 2. The molecule has 0 aliphatic rings. The van der Waals surface area contributed by atoms with Crippen molar-refractivity contribution in [1.82, 2.24) is 4.57 Å². The standard InChI is InChI=1S/C24H22N2O.C2H6O4S/c1-3-26-23(21-10-4-18(2)5-11-21)17-25-15-14-20(16-24(25)26)7-6-19-8-12-22(27)13-9-19;1-2-6-7(3,4)5/h4-17H,3H2,1-2H3;2H2,1H3,(H,3,4,5). The average molecular weight is 481 g/mol. The fourth-order valence-electron chi connectivity index (χ4n) is 3.48. The highest BCUT2D eigenvalue weighted by molar-refractivity contribution is 7.80. The third kappa shape index (κ3) is 6.77. The van der Waals surface area contributed by atoms with E-state index in [2.05, 4.69) is 87.9 Å². The minimum Gasteiger partial charge on any atom is -0.726 e. The molecule has 4 rings (SSSR count). The van der Waals surface area contributed by atoms with Crippen molar-refractivity contribution >= 4 is 28.2 Å². The van der Waals surface area contributed by atoms with Gasteiger partial charge in [0.1, 0.15) is 11.9 Å². The van der Waals surface area contributed by atoms with E-state index >= 15 is 0 Å². The third-order valence-corrected chi connectivity index (χ3v) is 5.63. The predicted molar refractivity (Wildman–Crippen MR) is 132 cm³/mol. The number of aromatic hydroxyl groups is 1. The lowest BCUT2D eigenvalue weighted by atomic mass is 10.1. The van der Waals surface area contributed by atoms with Gasteiger partial charge in [-0.15, -0.1) is 0 Å². The van der Waals surface area contributed by atoms with Crippen molar-refractivity contribution in [2.24, 2.45) is 0 Å². The molecule has 0 aliphatic heterocycles. The molecule has 0 spiro atoms. The van der Waals surface area contributed by atoms with E-state index in [-0.39, 0.29) is 12.4 Å². The topological polar surface area (TPSA) is 95.7 Å². The zero-order valence-corrected chi connectivity index (χ0v) is 20.2. The minimum atomic E-state index is -4.42. The zero-order valence-electron chi connectivity index (χ0n) is 19.4. The summed E-state index contributed by atoms with van der Waals surface area (Å²) in [6, 6.07) is 20.2. The monoisotopic (exact) mass is 480 g/mol. The van der Waals surface area contributed by atoms with E-state index in [0.29, 0.717) is 0 Å². The number of phenolic OH excluding ortho intramolecular Hbond substituents is 1. The van der Waals surface area contributed by atoms with Gasteiger partial charge in [0, 0.05) is 11.6 Å². The van der Waals surface area contributed by atoms with Crippen LogP contribution in [0.5, 0.6) is 5.75 Å². The summed E-state index contributed by atoms with van der Waals surface area (Å²) in [6.07, 6.45) is 8.46. The number of hydrogen-bond acceptors (Lipinski definition) is 5. The highest BCUT2D eigenvalue weighted by atomic mass is 32.3. The number of benzene rings is 2. The molecular formula is C26H28N2O5S. The number of phenols is 1. The van der Waals surface area contributed by atoms with Crippen LogP contribution in [0.25, 0.3) is 29.1 Å². The molecular weight excluding hydrogens is 452 g/mol. The Morgan fingerprint density at radius 3 is 2.21 bits per heavy atom. The van der Waals surface area contributed by atoms with Crippen LogP contribution in [0.1, 0.15) is 30.5 Å². The molecule has 2 aromatic heterocycles. The lowest BCUT2D eigenvalue weighted by Gasteiger charge is -2.02. The maximum absolute atomic E-state index is 9.45. The lowest BCUT2D eigenvalue weighted by Crippen LogP contribution is -2.18. The van der Waals surface area contributed by atoms with Gasteiger partial charge in [0.25, 0.3) is 5.65 Å². The molecule has 0 saturated heterocycles. The van der Waals surface area contributed by atoms with Gasteiger partial charge >= 0.3 is 0 Å². The Hall–Kier alpha value is -3.46. The van der Waals surface area contributed by atoms with Crippen molar-refractivity contribution in [2.45, 2.75) is 27.3 Å². The molecule has 1 N–H and O–H groups in total. The van der Waals surface area contributed by atoms with Gasteiger partial charge in [-0.1, -0.05) is 54.1 Å². The molecule has 0 fully saturated rings. The molecule has 8 heteroatoms. The minimum absolute atomic E-state index is 0.0914. The smallest absolute Gasteiger partial charge is 0.287 e. The van der Waals surface area contributed by atoms with Crippen LogP contribution in [-0.4, -0.2) is 29.3 Å². The number of fused-ring (bicyclic) bond motifs is 1. The van der Waals surface area contributed by atoms with Crippen molar-refractivity contribution in [2.75, 3.05) is 6.61 Å². The SMILES string of the molecule is CCOS(=O)(=O)[O-].CCn1c(-c2ccc(C)cc2)c[n+]2ccc(/C=C/c3ccc(O)cc3)cc12. The molecule has 178 valence electrons. The number of pyridine rings is 1. The highest BCUT2D eigenvalue weighted by Gasteiger charge is 2.17. The van der Waals surface area contributed by atoms with Crippen LogP contribution in [0.4, 0.5) is 0 Å². The van der Waals surface area contributed by atoms with Crippen molar-refractivity contribution in [3.05, 3.63) is 89.7 Å². The third-order valence-electron chi connectivity index (χ3n) is 5.10. The Morgan fingerprint density at radius 2 is 1.65 bits per heavy atom. The first-order valence-corrected chi connectivity index (χ1v) is 12.2. The quantitative estimate of drug-likeness (QED) is 0.248. The highest BCUT2D eigenvalue weighted by Crippen LogP contribution is 2.22. The molecule has 7 nitrogen and oxygen atoms in total. The van der Waals surface area contributed by atoms with E-state index in [4.69, 9.17) is 0 Å². The molecule has 0 atom stereocenters. The van der Waals surface area contributed by atoms with Crippen LogP contribution in [0.2, 0.25) is 0 Å². The second kappa shape index (κ2) is 11.1. The van der Waals surface area contributed by atoms with Crippen molar-refractivity contribution in [3.8, 4) is 17.0 Å². The Balaban J connectivity index is 0.000000406. The molecule has 0 radical (unpaired) electrons. The van der Waals surface area contributed by atoms with E-state index in [1.165, 1.54) is 29.4 Å². The Kier molecular flexibility index (Phi) is 8.22. The van der Waals surface area contributed by atoms with Crippen LogP contribution in [0, 0.1) is 6.92 Å². The van der Waals surface area contributed by atoms with Gasteiger partial charge in [0.2, 0.25) is 10.4 Å². The van der Waals surface area contributed by atoms with E-state index in [1.54, 1.807) is 12.1 Å². The number of rotatable bonds is 6. The predicted octanol–water partition coefficient (Wildman–Crippen LogP) is 4.58. The molecule has 0 aliphatic carbocycles. The first-order chi connectivity index (χ1) is 16.2.